The van der Waals surface area contributed by atoms with Gasteiger partial charge in [0.2, 0.25) is 0 Å². The predicted molar refractivity (Wildman–Crippen MR) is 71.5 cm³/mol. The summed E-state index contributed by atoms with van der Waals surface area (Å²) in [5.74, 6) is 0.371. The molecule has 7 heteroatoms. The van der Waals surface area contributed by atoms with E-state index in [9.17, 15) is 4.79 Å². The third-order valence-corrected chi connectivity index (χ3v) is 2.85. The number of aryl methyl sites for hydroxylation is 1. The third-order valence-electron chi connectivity index (χ3n) is 2.46. The molecular weight excluding hydrogens is 298 g/mol. The van der Waals surface area contributed by atoms with Crippen LogP contribution in [0.15, 0.2) is 22.9 Å². The highest BCUT2D eigenvalue weighted by Crippen LogP contribution is 2.15. The summed E-state index contributed by atoms with van der Waals surface area (Å²) in [5, 5.41) is 11.0. The van der Waals surface area contributed by atoms with E-state index >= 15 is 0 Å². The van der Waals surface area contributed by atoms with Crippen molar-refractivity contribution < 1.29 is 4.79 Å². The lowest BCUT2D eigenvalue weighted by molar-refractivity contribution is 0.102. The maximum atomic E-state index is 12.0. The zero-order valence-corrected chi connectivity index (χ0v) is 12.0. The van der Waals surface area contributed by atoms with Crippen molar-refractivity contribution >= 4 is 27.7 Å². The molecule has 0 fully saturated rings. The van der Waals surface area contributed by atoms with E-state index in [1.54, 1.807) is 34.7 Å². The molecule has 1 N–H and O–H groups in total. The van der Waals surface area contributed by atoms with E-state index in [4.69, 9.17) is 0 Å². The first-order chi connectivity index (χ1) is 8.47. The number of aromatic nitrogens is 4. The molecule has 0 spiro atoms. The van der Waals surface area contributed by atoms with E-state index in [1.807, 2.05) is 13.8 Å². The smallest absolute Gasteiger partial charge is 0.277 e. The summed E-state index contributed by atoms with van der Waals surface area (Å²) in [4.78, 5) is 12.0. The zero-order chi connectivity index (χ0) is 13.3. The lowest BCUT2D eigenvalue weighted by Crippen LogP contribution is -2.16. The van der Waals surface area contributed by atoms with Crippen molar-refractivity contribution in [3.8, 4) is 0 Å². The number of hydrogen-bond donors (Lipinski definition) is 1. The van der Waals surface area contributed by atoms with Gasteiger partial charge in [-0.3, -0.25) is 14.2 Å². The first-order valence-electron chi connectivity index (χ1n) is 5.53. The fourth-order valence-electron chi connectivity index (χ4n) is 1.48. The van der Waals surface area contributed by atoms with Gasteiger partial charge in [0, 0.05) is 25.4 Å². The first-order valence-corrected chi connectivity index (χ1v) is 6.32. The molecule has 0 bridgehead atoms. The predicted octanol–water partition coefficient (Wildman–Crippen LogP) is 2.21. The summed E-state index contributed by atoms with van der Waals surface area (Å²) in [6, 6.07) is 3.66. The van der Waals surface area contributed by atoms with Gasteiger partial charge >= 0.3 is 0 Å². The van der Waals surface area contributed by atoms with Gasteiger partial charge in [0.1, 0.15) is 10.4 Å². The fourth-order valence-corrected chi connectivity index (χ4v) is 1.93. The third kappa shape index (κ3) is 2.61. The second kappa shape index (κ2) is 4.93. The van der Waals surface area contributed by atoms with E-state index < -0.39 is 0 Å². The minimum atomic E-state index is -0.245. The highest BCUT2D eigenvalue weighted by atomic mass is 79.9. The molecule has 2 rings (SSSR count). The second-order valence-electron chi connectivity index (χ2n) is 4.20. The van der Waals surface area contributed by atoms with Gasteiger partial charge in [-0.25, -0.2) is 0 Å². The monoisotopic (exact) mass is 311 g/mol. The Labute approximate surface area is 113 Å². The lowest BCUT2D eigenvalue weighted by atomic mass is 10.4. The maximum Gasteiger partial charge on any atom is 0.277 e. The molecule has 0 aliphatic heterocycles. The van der Waals surface area contributed by atoms with Crippen LogP contribution < -0.4 is 5.32 Å². The van der Waals surface area contributed by atoms with E-state index in [0.29, 0.717) is 16.1 Å². The molecule has 0 atom stereocenters. The number of carbonyl (C=O) groups is 1. The first kappa shape index (κ1) is 12.8. The van der Waals surface area contributed by atoms with Crippen molar-refractivity contribution in [3.63, 3.8) is 0 Å². The van der Waals surface area contributed by atoms with Gasteiger partial charge in [0.05, 0.1) is 0 Å². The molecule has 0 radical (unpaired) electrons. The highest BCUT2D eigenvalue weighted by molar-refractivity contribution is 9.10. The summed E-state index contributed by atoms with van der Waals surface area (Å²) < 4.78 is 4.00. The van der Waals surface area contributed by atoms with E-state index in [2.05, 4.69) is 31.4 Å². The molecule has 2 aromatic heterocycles. The Bertz CT molecular complexity index is 572. The Kier molecular flexibility index (Phi) is 3.51. The maximum absolute atomic E-state index is 12.0. The minimum Gasteiger partial charge on any atom is -0.305 e. The number of nitrogens with one attached hydrogen (secondary N) is 1. The minimum absolute atomic E-state index is 0.234. The standard InChI is InChI=1S/C11H14BrN5O/c1-7(2)17-5-4-8(14-17)11(18)13-10-6-9(12)15-16(10)3/h4-7H,1-3H3,(H,13,18). The summed E-state index contributed by atoms with van der Waals surface area (Å²) >= 11 is 3.25. The fraction of sp³-hybridized carbons (Fsp3) is 0.364. The van der Waals surface area contributed by atoms with Crippen molar-refractivity contribution in [1.29, 1.82) is 0 Å². The number of rotatable bonds is 3. The number of hydrogen-bond acceptors (Lipinski definition) is 3. The Morgan fingerprint density at radius 2 is 2.17 bits per heavy atom. The van der Waals surface area contributed by atoms with Crippen molar-refractivity contribution in [2.45, 2.75) is 19.9 Å². The number of carbonyl (C=O) groups excluding carboxylic acids is 1. The van der Waals surface area contributed by atoms with Crippen LogP contribution in [0.5, 0.6) is 0 Å². The van der Waals surface area contributed by atoms with Gasteiger partial charge in [-0.05, 0) is 35.8 Å². The Hall–Kier alpha value is -1.63. The van der Waals surface area contributed by atoms with Crippen LogP contribution in [0.4, 0.5) is 5.82 Å². The van der Waals surface area contributed by atoms with Crippen LogP contribution in [0.25, 0.3) is 0 Å². The largest absolute Gasteiger partial charge is 0.305 e. The molecule has 0 unspecified atom stereocenters. The molecule has 0 saturated carbocycles. The van der Waals surface area contributed by atoms with Crippen LogP contribution in [0, 0.1) is 0 Å². The lowest BCUT2D eigenvalue weighted by Gasteiger charge is -2.04. The van der Waals surface area contributed by atoms with Gasteiger partial charge in [-0.15, -0.1) is 0 Å². The normalized spacial score (nSPS) is 10.9. The molecule has 1 amide bonds. The highest BCUT2D eigenvalue weighted by Gasteiger charge is 2.13. The second-order valence-corrected chi connectivity index (χ2v) is 5.02. The van der Waals surface area contributed by atoms with Crippen molar-refractivity contribution in [3.05, 3.63) is 28.6 Å². The summed E-state index contributed by atoms with van der Waals surface area (Å²) in [6.45, 7) is 4.01. The Morgan fingerprint density at radius 3 is 2.67 bits per heavy atom. The molecule has 0 aliphatic rings. The number of nitrogens with zero attached hydrogens (tertiary/aromatic N) is 4. The van der Waals surface area contributed by atoms with Gasteiger partial charge < -0.3 is 5.32 Å². The topological polar surface area (TPSA) is 64.7 Å². The molecule has 0 saturated heterocycles. The van der Waals surface area contributed by atoms with Crippen LogP contribution >= 0.6 is 15.9 Å². The summed E-state index contributed by atoms with van der Waals surface area (Å²) in [7, 11) is 1.76. The zero-order valence-electron chi connectivity index (χ0n) is 10.4. The number of amides is 1. The molecule has 6 nitrogen and oxygen atoms in total. The van der Waals surface area contributed by atoms with E-state index in [0.717, 1.165) is 0 Å². The molecule has 2 aromatic rings. The summed E-state index contributed by atoms with van der Waals surface area (Å²) in [6.07, 6.45) is 1.79. The van der Waals surface area contributed by atoms with Crippen LogP contribution in [0.3, 0.4) is 0 Å². The average Bonchev–Trinajstić information content (AvgIpc) is 2.86. The van der Waals surface area contributed by atoms with Gasteiger partial charge in [0.25, 0.3) is 5.91 Å². The van der Waals surface area contributed by atoms with Crippen molar-refractivity contribution in [2.24, 2.45) is 7.05 Å². The van der Waals surface area contributed by atoms with Crippen LogP contribution in [0.1, 0.15) is 30.4 Å². The van der Waals surface area contributed by atoms with E-state index in [-0.39, 0.29) is 11.9 Å². The number of anilines is 1. The van der Waals surface area contributed by atoms with Crippen LogP contribution in [-0.2, 0) is 7.05 Å². The molecule has 0 aromatic carbocycles. The molecule has 0 aliphatic carbocycles. The van der Waals surface area contributed by atoms with Crippen molar-refractivity contribution in [2.75, 3.05) is 5.32 Å². The van der Waals surface area contributed by atoms with Gasteiger partial charge in [-0.2, -0.15) is 10.2 Å². The Morgan fingerprint density at radius 1 is 1.44 bits per heavy atom. The van der Waals surface area contributed by atoms with Crippen molar-refractivity contribution in [1.82, 2.24) is 19.6 Å². The van der Waals surface area contributed by atoms with Crippen LogP contribution in [-0.4, -0.2) is 25.5 Å². The van der Waals surface area contributed by atoms with Crippen LogP contribution in [0.2, 0.25) is 0 Å². The van der Waals surface area contributed by atoms with E-state index in [1.165, 1.54) is 0 Å². The van der Waals surface area contributed by atoms with Gasteiger partial charge in [0.15, 0.2) is 5.69 Å². The molecule has 18 heavy (non-hydrogen) atoms. The summed E-state index contributed by atoms with van der Waals surface area (Å²) in [5.41, 5.74) is 0.390. The molecule has 2 heterocycles. The van der Waals surface area contributed by atoms with Gasteiger partial charge in [-0.1, -0.05) is 0 Å². The molecule has 96 valence electrons. The molecular formula is C11H14BrN5O. The quantitative estimate of drug-likeness (QED) is 0.945. The number of halogens is 1. The SMILES string of the molecule is CC(C)n1ccc(C(=O)Nc2cc(Br)nn2C)n1. The Balaban J connectivity index is 2.14. The average molecular weight is 312 g/mol.